The van der Waals surface area contributed by atoms with E-state index >= 15 is 0 Å². The van der Waals surface area contributed by atoms with Gasteiger partial charge in [-0.3, -0.25) is 0 Å². The molecule has 144 valence electrons. The molecule has 0 aromatic carbocycles. The standard InChI is InChI=1S/C22H44O2/c1-2-3-4-5-6-7-8-9-10-11-12-13-14-15-16-17-19-23-20-18-22-21-24-22/h22H,2-21H2,1H3. The number of hydrogen-bond donors (Lipinski definition) is 0. The summed E-state index contributed by atoms with van der Waals surface area (Å²) < 4.78 is 10.8. The van der Waals surface area contributed by atoms with Gasteiger partial charge in [0.05, 0.1) is 12.7 Å². The van der Waals surface area contributed by atoms with Gasteiger partial charge in [0.25, 0.3) is 0 Å². The summed E-state index contributed by atoms with van der Waals surface area (Å²) in [6, 6.07) is 0. The Hall–Kier alpha value is -0.0800. The Morgan fingerprint density at radius 3 is 1.46 bits per heavy atom. The molecule has 0 aliphatic carbocycles. The third-order valence-corrected chi connectivity index (χ3v) is 5.13. The lowest BCUT2D eigenvalue weighted by Gasteiger charge is -2.04. The van der Waals surface area contributed by atoms with Crippen molar-refractivity contribution in [2.75, 3.05) is 19.8 Å². The van der Waals surface area contributed by atoms with Crippen LogP contribution < -0.4 is 0 Å². The monoisotopic (exact) mass is 340 g/mol. The highest BCUT2D eigenvalue weighted by Gasteiger charge is 2.21. The van der Waals surface area contributed by atoms with Gasteiger partial charge in [0.15, 0.2) is 0 Å². The first kappa shape index (κ1) is 22.0. The van der Waals surface area contributed by atoms with Crippen LogP contribution in [0.2, 0.25) is 0 Å². The highest BCUT2D eigenvalue weighted by molar-refractivity contribution is 4.67. The van der Waals surface area contributed by atoms with E-state index in [1.807, 2.05) is 0 Å². The molecule has 0 bridgehead atoms. The fourth-order valence-electron chi connectivity index (χ4n) is 3.30. The number of hydrogen-bond acceptors (Lipinski definition) is 2. The van der Waals surface area contributed by atoms with Gasteiger partial charge < -0.3 is 9.47 Å². The molecule has 24 heavy (non-hydrogen) atoms. The maximum atomic E-state index is 5.62. The predicted octanol–water partition coefficient (Wildman–Crippen LogP) is 7.05. The number of epoxide rings is 1. The van der Waals surface area contributed by atoms with Crippen molar-refractivity contribution in [2.24, 2.45) is 0 Å². The van der Waals surface area contributed by atoms with Crippen molar-refractivity contribution < 1.29 is 9.47 Å². The molecule has 0 spiro atoms. The zero-order valence-electron chi connectivity index (χ0n) is 16.5. The minimum absolute atomic E-state index is 0.524. The molecule has 1 heterocycles. The van der Waals surface area contributed by atoms with Gasteiger partial charge in [0.2, 0.25) is 0 Å². The quantitative estimate of drug-likeness (QED) is 0.175. The Morgan fingerprint density at radius 1 is 0.625 bits per heavy atom. The lowest BCUT2D eigenvalue weighted by Crippen LogP contribution is -2.00. The number of unbranched alkanes of at least 4 members (excludes halogenated alkanes) is 15. The number of ether oxygens (including phenoxy) is 2. The molecule has 0 radical (unpaired) electrons. The van der Waals surface area contributed by atoms with Gasteiger partial charge >= 0.3 is 0 Å². The van der Waals surface area contributed by atoms with Crippen molar-refractivity contribution in [1.82, 2.24) is 0 Å². The molecule has 1 aliphatic heterocycles. The van der Waals surface area contributed by atoms with Crippen LogP contribution in [-0.2, 0) is 9.47 Å². The molecule has 0 aromatic heterocycles. The fourth-order valence-corrected chi connectivity index (χ4v) is 3.30. The molecule has 1 aliphatic rings. The van der Waals surface area contributed by atoms with Crippen molar-refractivity contribution >= 4 is 0 Å². The predicted molar refractivity (Wildman–Crippen MR) is 105 cm³/mol. The Morgan fingerprint density at radius 2 is 1.04 bits per heavy atom. The summed E-state index contributed by atoms with van der Waals surface area (Å²) in [5, 5.41) is 0. The molecular weight excluding hydrogens is 296 g/mol. The molecule has 0 N–H and O–H groups in total. The molecule has 1 unspecified atom stereocenters. The molecule has 1 atom stereocenters. The van der Waals surface area contributed by atoms with Crippen LogP contribution in [0.15, 0.2) is 0 Å². The summed E-state index contributed by atoms with van der Waals surface area (Å²) in [5.74, 6) is 0. The second-order valence-electron chi connectivity index (χ2n) is 7.66. The van der Waals surface area contributed by atoms with E-state index in [0.29, 0.717) is 6.10 Å². The highest BCUT2D eigenvalue weighted by atomic mass is 16.6. The Kier molecular flexibility index (Phi) is 16.2. The minimum Gasteiger partial charge on any atom is -0.381 e. The first-order valence-electron chi connectivity index (χ1n) is 11.1. The molecule has 1 rings (SSSR count). The van der Waals surface area contributed by atoms with Crippen molar-refractivity contribution in [3.63, 3.8) is 0 Å². The van der Waals surface area contributed by atoms with Crippen molar-refractivity contribution in [2.45, 2.75) is 122 Å². The van der Waals surface area contributed by atoms with Crippen LogP contribution in [0.1, 0.15) is 116 Å². The maximum absolute atomic E-state index is 5.62. The molecule has 2 heteroatoms. The Balaban J connectivity index is 1.59. The normalized spacial score (nSPS) is 16.6. The highest BCUT2D eigenvalue weighted by Crippen LogP contribution is 2.14. The average molecular weight is 341 g/mol. The van der Waals surface area contributed by atoms with Crippen LogP contribution in [0, 0.1) is 0 Å². The van der Waals surface area contributed by atoms with E-state index in [9.17, 15) is 0 Å². The Bertz CT molecular complexity index is 238. The van der Waals surface area contributed by atoms with E-state index in [1.54, 1.807) is 0 Å². The van der Waals surface area contributed by atoms with E-state index in [4.69, 9.17) is 9.47 Å². The summed E-state index contributed by atoms with van der Waals surface area (Å²) in [5.41, 5.74) is 0. The fraction of sp³-hybridized carbons (Fsp3) is 1.00. The smallest absolute Gasteiger partial charge is 0.0831 e. The van der Waals surface area contributed by atoms with Crippen LogP contribution in [0.4, 0.5) is 0 Å². The van der Waals surface area contributed by atoms with Crippen LogP contribution in [0.25, 0.3) is 0 Å². The molecule has 0 amide bonds. The third-order valence-electron chi connectivity index (χ3n) is 5.13. The molecular formula is C22H44O2. The molecule has 0 aromatic rings. The summed E-state index contributed by atoms with van der Waals surface area (Å²) >= 11 is 0. The van der Waals surface area contributed by atoms with Crippen molar-refractivity contribution in [3.05, 3.63) is 0 Å². The van der Waals surface area contributed by atoms with Gasteiger partial charge in [-0.25, -0.2) is 0 Å². The van der Waals surface area contributed by atoms with Gasteiger partial charge in [0, 0.05) is 13.2 Å². The minimum atomic E-state index is 0.524. The number of rotatable bonds is 20. The zero-order valence-corrected chi connectivity index (χ0v) is 16.5. The van der Waals surface area contributed by atoms with Gasteiger partial charge in [-0.2, -0.15) is 0 Å². The molecule has 0 saturated carbocycles. The van der Waals surface area contributed by atoms with Crippen LogP contribution in [-0.4, -0.2) is 25.9 Å². The largest absolute Gasteiger partial charge is 0.381 e. The van der Waals surface area contributed by atoms with Gasteiger partial charge in [0.1, 0.15) is 0 Å². The molecule has 1 fully saturated rings. The summed E-state index contributed by atoms with van der Waals surface area (Å²) in [6.07, 6.45) is 24.4. The van der Waals surface area contributed by atoms with E-state index < -0.39 is 0 Å². The summed E-state index contributed by atoms with van der Waals surface area (Å²) in [4.78, 5) is 0. The second kappa shape index (κ2) is 17.7. The third kappa shape index (κ3) is 16.8. The van der Waals surface area contributed by atoms with Gasteiger partial charge in [-0.05, 0) is 12.8 Å². The van der Waals surface area contributed by atoms with Crippen LogP contribution in [0.3, 0.4) is 0 Å². The Labute approximate surface area is 152 Å². The van der Waals surface area contributed by atoms with Crippen LogP contribution in [0.5, 0.6) is 0 Å². The zero-order chi connectivity index (χ0) is 17.1. The second-order valence-corrected chi connectivity index (χ2v) is 7.66. The van der Waals surface area contributed by atoms with Crippen molar-refractivity contribution in [3.8, 4) is 0 Å². The van der Waals surface area contributed by atoms with E-state index in [-0.39, 0.29) is 0 Å². The van der Waals surface area contributed by atoms with Crippen LogP contribution >= 0.6 is 0 Å². The average Bonchev–Trinajstić information content (AvgIpc) is 3.41. The maximum Gasteiger partial charge on any atom is 0.0831 e. The summed E-state index contributed by atoms with van der Waals surface area (Å²) in [6.45, 7) is 5.10. The lowest BCUT2D eigenvalue weighted by atomic mass is 10.0. The molecule has 2 nitrogen and oxygen atoms in total. The SMILES string of the molecule is CCCCCCCCCCCCCCCCCCOCCC1CO1. The summed E-state index contributed by atoms with van der Waals surface area (Å²) in [7, 11) is 0. The topological polar surface area (TPSA) is 21.8 Å². The molecule has 1 saturated heterocycles. The van der Waals surface area contributed by atoms with E-state index in [0.717, 1.165) is 26.2 Å². The van der Waals surface area contributed by atoms with E-state index in [2.05, 4.69) is 6.92 Å². The van der Waals surface area contributed by atoms with Gasteiger partial charge in [-0.1, -0.05) is 103 Å². The lowest BCUT2D eigenvalue weighted by molar-refractivity contribution is 0.121. The first-order valence-corrected chi connectivity index (χ1v) is 11.1. The van der Waals surface area contributed by atoms with E-state index in [1.165, 1.54) is 103 Å². The van der Waals surface area contributed by atoms with Gasteiger partial charge in [-0.15, -0.1) is 0 Å². The van der Waals surface area contributed by atoms with Crippen molar-refractivity contribution in [1.29, 1.82) is 0 Å². The first-order chi connectivity index (χ1) is 11.9.